The number of halogens is 2. The van der Waals surface area contributed by atoms with Gasteiger partial charge in [0.2, 0.25) is 0 Å². The maximum absolute atomic E-state index is 5.69. The SMILES string of the molecule is CCCC[O][Ti+2][N](CCC)CCC.[Cl-].[Cl-]. The van der Waals surface area contributed by atoms with Crippen LogP contribution in [-0.2, 0) is 23.1 Å². The molecule has 0 fully saturated rings. The predicted octanol–water partition coefficient (Wildman–Crippen LogP) is -3.15. The number of unbranched alkanes of at least 4 members (excludes halogenated alkanes) is 1. The summed E-state index contributed by atoms with van der Waals surface area (Å²) in [5.74, 6) is 0. The Morgan fingerprint density at radius 1 is 0.933 bits per heavy atom. The third-order valence-electron chi connectivity index (χ3n) is 1.78. The van der Waals surface area contributed by atoms with Crippen LogP contribution in [0.1, 0.15) is 46.5 Å². The molecule has 0 aliphatic heterocycles. The quantitative estimate of drug-likeness (QED) is 0.329. The van der Waals surface area contributed by atoms with Gasteiger partial charge in [-0.05, 0) is 0 Å². The molecule has 5 heteroatoms. The first-order valence-electron chi connectivity index (χ1n) is 5.47. The van der Waals surface area contributed by atoms with E-state index in [1.54, 1.807) is 0 Å². The van der Waals surface area contributed by atoms with Gasteiger partial charge in [0.1, 0.15) is 0 Å². The van der Waals surface area contributed by atoms with Crippen molar-refractivity contribution in [3.05, 3.63) is 0 Å². The van der Waals surface area contributed by atoms with E-state index in [1.807, 2.05) is 0 Å². The molecule has 0 spiro atoms. The standard InChI is InChI=1S/C6H14N.C4H9O.2ClH.Ti/c1-3-5-7-6-4-2;1-2-3-4-5;;;/h3-6H2,1-2H3;2-4H2,1H3;2*1H;/q2*-1;;;+4/p-2. The maximum atomic E-state index is 5.69. The first-order valence-corrected chi connectivity index (χ1v) is 6.81. The fourth-order valence-corrected chi connectivity index (χ4v) is 2.73. The molecular weight excluding hydrogens is 269 g/mol. The van der Waals surface area contributed by atoms with E-state index in [1.165, 1.54) is 38.8 Å². The van der Waals surface area contributed by atoms with Crippen molar-refractivity contribution in [1.29, 1.82) is 0 Å². The van der Waals surface area contributed by atoms with Gasteiger partial charge in [0.15, 0.2) is 0 Å². The largest absolute Gasteiger partial charge is 1.00 e. The molecule has 0 aromatic carbocycles. The molecule has 0 bridgehead atoms. The van der Waals surface area contributed by atoms with Gasteiger partial charge in [-0.2, -0.15) is 0 Å². The van der Waals surface area contributed by atoms with E-state index in [0.717, 1.165) is 6.61 Å². The molecule has 0 N–H and O–H groups in total. The van der Waals surface area contributed by atoms with Crippen LogP contribution in [0, 0.1) is 0 Å². The summed E-state index contributed by atoms with van der Waals surface area (Å²) in [7, 11) is 0. The van der Waals surface area contributed by atoms with Gasteiger partial charge in [0, 0.05) is 0 Å². The Hall–Kier alpha value is 1.21. The summed E-state index contributed by atoms with van der Waals surface area (Å²) in [5, 5.41) is 0. The second-order valence-corrected chi connectivity index (χ2v) is 5.00. The van der Waals surface area contributed by atoms with Crippen molar-refractivity contribution in [3.8, 4) is 0 Å². The van der Waals surface area contributed by atoms with Gasteiger partial charge in [-0.1, -0.05) is 0 Å². The van der Waals surface area contributed by atoms with Gasteiger partial charge in [0.25, 0.3) is 0 Å². The smallest absolute Gasteiger partial charge is 1.00 e. The zero-order valence-corrected chi connectivity index (χ0v) is 13.1. The molecule has 0 aliphatic carbocycles. The molecule has 0 amide bonds. The van der Waals surface area contributed by atoms with Crippen LogP contribution >= 0.6 is 0 Å². The van der Waals surface area contributed by atoms with Gasteiger partial charge in [0.05, 0.1) is 0 Å². The van der Waals surface area contributed by atoms with E-state index in [0.29, 0.717) is 0 Å². The molecule has 0 unspecified atom stereocenters. The monoisotopic (exact) mass is 291 g/mol. The van der Waals surface area contributed by atoms with E-state index in [4.69, 9.17) is 3.32 Å². The van der Waals surface area contributed by atoms with Crippen LogP contribution in [0.5, 0.6) is 0 Å². The van der Waals surface area contributed by atoms with E-state index >= 15 is 0 Å². The van der Waals surface area contributed by atoms with Crippen LogP contribution in [0.4, 0.5) is 0 Å². The minimum absolute atomic E-state index is 0. The summed E-state index contributed by atoms with van der Waals surface area (Å²) >= 11 is -0.263. The van der Waals surface area contributed by atoms with Gasteiger partial charge < -0.3 is 24.8 Å². The van der Waals surface area contributed by atoms with Crippen LogP contribution in [0.2, 0.25) is 0 Å². The van der Waals surface area contributed by atoms with Crippen molar-refractivity contribution < 1.29 is 47.9 Å². The van der Waals surface area contributed by atoms with Crippen molar-refractivity contribution in [2.75, 3.05) is 19.7 Å². The van der Waals surface area contributed by atoms with Crippen molar-refractivity contribution in [2.24, 2.45) is 0 Å². The van der Waals surface area contributed by atoms with E-state index in [2.05, 4.69) is 24.2 Å². The minimum atomic E-state index is -0.263. The summed E-state index contributed by atoms with van der Waals surface area (Å²) in [4.78, 5) is 0. The average molecular weight is 292 g/mol. The molecule has 0 saturated carbocycles. The molecular formula is C10H23Cl2NOTi. The van der Waals surface area contributed by atoms with Crippen molar-refractivity contribution in [1.82, 2.24) is 3.38 Å². The predicted molar refractivity (Wildman–Crippen MR) is 53.0 cm³/mol. The summed E-state index contributed by atoms with van der Waals surface area (Å²) in [6, 6.07) is 0. The van der Waals surface area contributed by atoms with Crippen molar-refractivity contribution >= 4 is 0 Å². The van der Waals surface area contributed by atoms with Crippen LogP contribution < -0.4 is 24.8 Å². The minimum Gasteiger partial charge on any atom is -1.00 e. The molecule has 0 saturated heterocycles. The van der Waals surface area contributed by atoms with Crippen LogP contribution in [-0.4, -0.2) is 23.1 Å². The number of nitrogens with zero attached hydrogens (tertiary/aromatic N) is 1. The summed E-state index contributed by atoms with van der Waals surface area (Å²) < 4.78 is 8.20. The summed E-state index contributed by atoms with van der Waals surface area (Å²) in [6.07, 6.45) is 4.96. The van der Waals surface area contributed by atoms with Gasteiger partial charge in [-0.15, -0.1) is 0 Å². The third-order valence-corrected chi connectivity index (χ3v) is 3.40. The zero-order chi connectivity index (χ0) is 9.94. The second-order valence-electron chi connectivity index (χ2n) is 3.28. The molecule has 0 aliphatic rings. The van der Waals surface area contributed by atoms with Crippen molar-refractivity contribution in [3.63, 3.8) is 0 Å². The first-order chi connectivity index (χ1) is 6.35. The first kappa shape index (κ1) is 21.5. The maximum Gasteiger partial charge on any atom is -1.00 e. The van der Waals surface area contributed by atoms with Crippen molar-refractivity contribution in [2.45, 2.75) is 46.5 Å². The van der Waals surface area contributed by atoms with Gasteiger partial charge in [-0.25, -0.2) is 0 Å². The molecule has 2 nitrogen and oxygen atoms in total. The second kappa shape index (κ2) is 17.6. The zero-order valence-electron chi connectivity index (χ0n) is 10.1. The molecule has 0 rings (SSSR count). The molecule has 0 atom stereocenters. The van der Waals surface area contributed by atoms with Crippen LogP contribution in [0.15, 0.2) is 0 Å². The Labute approximate surface area is 117 Å². The van der Waals surface area contributed by atoms with Gasteiger partial charge in [-0.3, -0.25) is 0 Å². The van der Waals surface area contributed by atoms with Crippen LogP contribution in [0.25, 0.3) is 0 Å². The van der Waals surface area contributed by atoms with E-state index < -0.39 is 0 Å². The average Bonchev–Trinajstić information content (AvgIpc) is 2.13. The number of rotatable bonds is 9. The molecule has 92 valence electrons. The Morgan fingerprint density at radius 3 is 1.87 bits per heavy atom. The van der Waals surface area contributed by atoms with Gasteiger partial charge >= 0.3 is 92.6 Å². The normalized spacial score (nSPS) is 9.07. The topological polar surface area (TPSA) is 12.5 Å². The molecule has 0 aromatic heterocycles. The van der Waals surface area contributed by atoms with E-state index in [-0.39, 0.29) is 44.6 Å². The number of hydrogen-bond donors (Lipinski definition) is 0. The Morgan fingerprint density at radius 2 is 1.47 bits per heavy atom. The Bertz CT molecular complexity index is 103. The fourth-order valence-electron chi connectivity index (χ4n) is 1.10. The molecule has 0 heterocycles. The fraction of sp³-hybridized carbons (Fsp3) is 1.00. The summed E-state index contributed by atoms with van der Waals surface area (Å²) in [5.41, 5.74) is 0. The van der Waals surface area contributed by atoms with E-state index in [9.17, 15) is 0 Å². The third kappa shape index (κ3) is 15.2. The number of hydrogen-bond acceptors (Lipinski definition) is 2. The summed E-state index contributed by atoms with van der Waals surface area (Å²) in [6.45, 7) is 10.1. The molecule has 15 heavy (non-hydrogen) atoms. The Kier molecular flexibility index (Phi) is 25.2. The van der Waals surface area contributed by atoms with Crippen LogP contribution in [0.3, 0.4) is 0 Å². The molecule has 0 radical (unpaired) electrons. The Balaban J connectivity index is -0.000000720. The molecule has 0 aromatic rings.